The Morgan fingerprint density at radius 1 is 1.42 bits per heavy atom. The summed E-state index contributed by atoms with van der Waals surface area (Å²) < 4.78 is 1.61. The highest BCUT2D eigenvalue weighted by Crippen LogP contribution is 2.10. The van der Waals surface area contributed by atoms with E-state index in [0.717, 1.165) is 0 Å². The minimum Gasteiger partial charge on any atom is -0.492 e. The third-order valence-corrected chi connectivity index (χ3v) is 1.57. The molecule has 4 heteroatoms. The molecule has 12 heavy (non-hydrogen) atoms. The third-order valence-electron chi connectivity index (χ3n) is 1.57. The Labute approximate surface area is 68.3 Å². The van der Waals surface area contributed by atoms with Crippen molar-refractivity contribution >= 4 is 5.65 Å². The molecule has 0 unspecified atom stereocenters. The molecule has 2 rings (SSSR count). The number of nitrogens with zero attached hydrogens (tertiary/aromatic N) is 3. The molecule has 0 radical (unpaired) electrons. The summed E-state index contributed by atoms with van der Waals surface area (Å²) >= 11 is 0. The normalized spacial score (nSPS) is 9.92. The maximum Gasteiger partial charge on any atom is 0.230 e. The lowest BCUT2D eigenvalue weighted by molar-refractivity contribution is 0.457. The van der Waals surface area contributed by atoms with Crippen LogP contribution in [0.3, 0.4) is 0 Å². The van der Waals surface area contributed by atoms with E-state index in [1.54, 1.807) is 22.7 Å². The molecular weight excluding hydrogens is 154 g/mol. The summed E-state index contributed by atoms with van der Waals surface area (Å²) in [6.45, 7) is 0. The summed E-state index contributed by atoms with van der Waals surface area (Å²) in [5.74, 6) is -0.0370. The Morgan fingerprint density at radius 3 is 3.00 bits per heavy atom. The standard InChI is InChI=1S/C8H5N3O/c9-3-6-1-2-7-10-8(12)5-11(7)4-6/h1-2,4-5,12H. The maximum atomic E-state index is 9.00. The van der Waals surface area contributed by atoms with Gasteiger partial charge in [-0.15, -0.1) is 0 Å². The van der Waals surface area contributed by atoms with E-state index in [0.29, 0.717) is 11.2 Å². The second-order valence-electron chi connectivity index (χ2n) is 2.39. The molecule has 0 amide bonds. The summed E-state index contributed by atoms with van der Waals surface area (Å²) in [7, 11) is 0. The van der Waals surface area contributed by atoms with Crippen molar-refractivity contribution in [1.82, 2.24) is 9.38 Å². The first-order chi connectivity index (χ1) is 5.79. The van der Waals surface area contributed by atoms with Crippen LogP contribution in [-0.4, -0.2) is 14.5 Å². The molecule has 0 saturated heterocycles. The van der Waals surface area contributed by atoms with Gasteiger partial charge in [0.1, 0.15) is 11.7 Å². The largest absolute Gasteiger partial charge is 0.492 e. The molecule has 1 N–H and O–H groups in total. The monoisotopic (exact) mass is 159 g/mol. The van der Waals surface area contributed by atoms with Crippen LogP contribution < -0.4 is 0 Å². The van der Waals surface area contributed by atoms with Gasteiger partial charge in [-0.2, -0.15) is 10.2 Å². The van der Waals surface area contributed by atoms with Crippen LogP contribution in [0.5, 0.6) is 5.88 Å². The number of rotatable bonds is 0. The van der Waals surface area contributed by atoms with Gasteiger partial charge in [0.25, 0.3) is 0 Å². The lowest BCUT2D eigenvalue weighted by atomic mass is 10.3. The summed E-state index contributed by atoms with van der Waals surface area (Å²) in [5, 5.41) is 17.6. The van der Waals surface area contributed by atoms with Crippen molar-refractivity contribution in [3.8, 4) is 11.9 Å². The molecule has 4 nitrogen and oxygen atoms in total. The first-order valence-electron chi connectivity index (χ1n) is 3.37. The second-order valence-corrected chi connectivity index (χ2v) is 2.39. The molecule has 58 valence electrons. The minimum atomic E-state index is -0.0370. The van der Waals surface area contributed by atoms with Crippen molar-refractivity contribution < 1.29 is 5.11 Å². The van der Waals surface area contributed by atoms with Gasteiger partial charge in [0, 0.05) is 6.20 Å². The number of hydrogen-bond donors (Lipinski definition) is 1. The van der Waals surface area contributed by atoms with Gasteiger partial charge >= 0.3 is 0 Å². The van der Waals surface area contributed by atoms with Crippen LogP contribution in [-0.2, 0) is 0 Å². The summed E-state index contributed by atoms with van der Waals surface area (Å²) in [6.07, 6.45) is 3.07. The Bertz CT molecular complexity index is 467. The SMILES string of the molecule is N#Cc1ccc2nc(O)cn2c1. The summed E-state index contributed by atoms with van der Waals surface area (Å²) in [6, 6.07) is 5.33. The van der Waals surface area contributed by atoms with Gasteiger partial charge in [-0.1, -0.05) is 0 Å². The average molecular weight is 159 g/mol. The van der Waals surface area contributed by atoms with Crippen LogP contribution in [0, 0.1) is 11.3 Å². The van der Waals surface area contributed by atoms with Crippen LogP contribution in [0.25, 0.3) is 5.65 Å². The predicted molar refractivity (Wildman–Crippen MR) is 41.6 cm³/mol. The minimum absolute atomic E-state index is 0.0370. The van der Waals surface area contributed by atoms with Gasteiger partial charge in [0.15, 0.2) is 0 Å². The number of nitriles is 1. The first-order valence-corrected chi connectivity index (χ1v) is 3.37. The lowest BCUT2D eigenvalue weighted by Gasteiger charge is -1.90. The zero-order chi connectivity index (χ0) is 8.55. The van der Waals surface area contributed by atoms with Crippen LogP contribution in [0.4, 0.5) is 0 Å². The van der Waals surface area contributed by atoms with E-state index in [9.17, 15) is 0 Å². The number of aromatic hydroxyl groups is 1. The van der Waals surface area contributed by atoms with Crippen LogP contribution >= 0.6 is 0 Å². The molecule has 2 aromatic rings. The van der Waals surface area contributed by atoms with E-state index >= 15 is 0 Å². The Hall–Kier alpha value is -2.02. The lowest BCUT2D eigenvalue weighted by Crippen LogP contribution is -1.83. The Morgan fingerprint density at radius 2 is 2.25 bits per heavy atom. The number of fused-ring (bicyclic) bond motifs is 1. The molecule has 0 aliphatic carbocycles. The molecular formula is C8H5N3O. The van der Waals surface area contributed by atoms with E-state index in [2.05, 4.69) is 4.98 Å². The summed E-state index contributed by atoms with van der Waals surface area (Å²) in [4.78, 5) is 3.80. The van der Waals surface area contributed by atoms with Crippen molar-refractivity contribution in [2.45, 2.75) is 0 Å². The van der Waals surface area contributed by atoms with Crippen molar-refractivity contribution in [2.75, 3.05) is 0 Å². The smallest absolute Gasteiger partial charge is 0.230 e. The second kappa shape index (κ2) is 2.24. The van der Waals surface area contributed by atoms with Gasteiger partial charge in [-0.25, -0.2) is 0 Å². The third kappa shape index (κ3) is 0.883. The Kier molecular flexibility index (Phi) is 1.25. The van der Waals surface area contributed by atoms with Gasteiger partial charge in [0.05, 0.1) is 11.8 Å². The average Bonchev–Trinajstić information content (AvgIpc) is 2.43. The van der Waals surface area contributed by atoms with E-state index in [1.165, 1.54) is 6.20 Å². The zero-order valence-electron chi connectivity index (χ0n) is 6.10. The molecule has 2 aromatic heterocycles. The molecule has 0 aromatic carbocycles. The summed E-state index contributed by atoms with van der Waals surface area (Å²) in [5.41, 5.74) is 1.17. The first kappa shape index (κ1) is 6.68. The topological polar surface area (TPSA) is 61.3 Å². The van der Waals surface area contributed by atoms with Crippen LogP contribution in [0.15, 0.2) is 24.5 Å². The number of pyridine rings is 1. The van der Waals surface area contributed by atoms with E-state index in [1.807, 2.05) is 6.07 Å². The van der Waals surface area contributed by atoms with Crippen molar-refractivity contribution in [3.63, 3.8) is 0 Å². The molecule has 0 atom stereocenters. The maximum absolute atomic E-state index is 9.00. The van der Waals surface area contributed by atoms with E-state index in [4.69, 9.17) is 10.4 Å². The fourth-order valence-corrected chi connectivity index (χ4v) is 1.04. The van der Waals surface area contributed by atoms with Crippen LogP contribution in [0.2, 0.25) is 0 Å². The zero-order valence-corrected chi connectivity index (χ0v) is 6.10. The van der Waals surface area contributed by atoms with Crippen molar-refractivity contribution in [1.29, 1.82) is 5.26 Å². The number of hydrogen-bond acceptors (Lipinski definition) is 3. The number of aromatic nitrogens is 2. The van der Waals surface area contributed by atoms with Gasteiger partial charge in [-0.05, 0) is 12.1 Å². The Balaban J connectivity index is 2.77. The quantitative estimate of drug-likeness (QED) is 0.621. The highest BCUT2D eigenvalue weighted by molar-refractivity contribution is 5.44. The van der Waals surface area contributed by atoms with E-state index < -0.39 is 0 Å². The van der Waals surface area contributed by atoms with Crippen molar-refractivity contribution in [3.05, 3.63) is 30.1 Å². The van der Waals surface area contributed by atoms with Crippen LogP contribution in [0.1, 0.15) is 5.56 Å². The molecule has 0 saturated carbocycles. The fraction of sp³-hybridized carbons (Fsp3) is 0. The van der Waals surface area contributed by atoms with Crippen molar-refractivity contribution in [2.24, 2.45) is 0 Å². The molecule has 0 spiro atoms. The highest BCUT2D eigenvalue weighted by Gasteiger charge is 1.98. The van der Waals surface area contributed by atoms with Gasteiger partial charge in [-0.3, -0.25) is 0 Å². The highest BCUT2D eigenvalue weighted by atomic mass is 16.3. The van der Waals surface area contributed by atoms with Gasteiger partial charge in [0.2, 0.25) is 5.88 Å². The molecule has 0 aliphatic rings. The van der Waals surface area contributed by atoms with Gasteiger partial charge < -0.3 is 9.51 Å². The molecule has 2 heterocycles. The predicted octanol–water partition coefficient (Wildman–Crippen LogP) is 0.912. The molecule has 0 bridgehead atoms. The number of imidazole rings is 1. The molecule has 0 fully saturated rings. The van der Waals surface area contributed by atoms with E-state index in [-0.39, 0.29) is 5.88 Å². The molecule has 0 aliphatic heterocycles. The fourth-order valence-electron chi connectivity index (χ4n) is 1.04.